The molecule has 0 radical (unpaired) electrons. The number of benzene rings is 1. The molecule has 2 amide bonds. The maximum absolute atomic E-state index is 12.6. The Hall–Kier alpha value is -1.79. The lowest BCUT2D eigenvalue weighted by atomic mass is 9.96. The molecule has 0 spiro atoms. The fourth-order valence-corrected chi connectivity index (χ4v) is 3.62. The highest BCUT2D eigenvalue weighted by atomic mass is 35.5. The predicted molar refractivity (Wildman–Crippen MR) is 88.9 cm³/mol. The zero-order valence-electron chi connectivity index (χ0n) is 13.5. The molecule has 0 aromatic heterocycles. The number of aromatic hydroxyl groups is 1. The lowest BCUT2D eigenvalue weighted by Gasteiger charge is -2.21. The summed E-state index contributed by atoms with van der Waals surface area (Å²) in [6.45, 7) is 3.01. The van der Waals surface area contributed by atoms with E-state index in [-0.39, 0.29) is 17.6 Å². The van der Waals surface area contributed by atoms with Gasteiger partial charge in [-0.1, -0.05) is 17.7 Å². The van der Waals surface area contributed by atoms with E-state index in [1.807, 2.05) is 13.0 Å². The monoisotopic (exact) mass is 352 g/mol. The Bertz CT molecular complexity index is 679. The summed E-state index contributed by atoms with van der Waals surface area (Å²) in [5, 5.41) is 10.7. The van der Waals surface area contributed by atoms with E-state index in [2.05, 4.69) is 0 Å². The van der Waals surface area contributed by atoms with E-state index in [4.69, 9.17) is 22.1 Å². The molecule has 3 N–H and O–H groups in total. The van der Waals surface area contributed by atoms with E-state index in [0.717, 1.165) is 17.5 Å². The normalized spacial score (nSPS) is 26.8. The van der Waals surface area contributed by atoms with Crippen molar-refractivity contribution in [2.24, 2.45) is 5.73 Å². The van der Waals surface area contributed by atoms with Crippen LogP contribution in [-0.4, -0.2) is 47.1 Å². The van der Waals surface area contributed by atoms with Crippen molar-refractivity contribution in [3.8, 4) is 5.75 Å². The molecular weight excluding hydrogens is 332 g/mol. The maximum Gasteiger partial charge on any atom is 0.251 e. The number of phenolic OH excluding ortho intramolecular Hbond substituents is 1. The molecule has 3 atom stereocenters. The molecule has 2 fully saturated rings. The van der Waals surface area contributed by atoms with Gasteiger partial charge in [0.05, 0.1) is 0 Å². The molecule has 0 saturated carbocycles. The quantitative estimate of drug-likeness (QED) is 0.866. The molecule has 0 bridgehead atoms. The number of phenols is 1. The number of carbonyl (C=O) groups is 2. The lowest BCUT2D eigenvalue weighted by molar-refractivity contribution is -0.144. The summed E-state index contributed by atoms with van der Waals surface area (Å²) in [7, 11) is 0. The number of aryl methyl sites for hydroxylation is 1. The van der Waals surface area contributed by atoms with Crippen LogP contribution in [-0.2, 0) is 14.3 Å². The van der Waals surface area contributed by atoms with Crippen molar-refractivity contribution in [2.45, 2.75) is 44.3 Å². The summed E-state index contributed by atoms with van der Waals surface area (Å²) >= 11 is 6.02. The molecule has 7 heteroatoms. The minimum absolute atomic E-state index is 0.0678. The third kappa shape index (κ3) is 3.21. The van der Waals surface area contributed by atoms with Gasteiger partial charge in [0.1, 0.15) is 18.0 Å². The van der Waals surface area contributed by atoms with Gasteiger partial charge in [0.15, 0.2) is 0 Å². The number of nitrogens with two attached hydrogens (primary N) is 1. The molecule has 1 aromatic rings. The Balaban J connectivity index is 1.66. The van der Waals surface area contributed by atoms with E-state index in [1.54, 1.807) is 11.0 Å². The van der Waals surface area contributed by atoms with Crippen LogP contribution in [0.5, 0.6) is 5.75 Å². The van der Waals surface area contributed by atoms with E-state index >= 15 is 0 Å². The van der Waals surface area contributed by atoms with Gasteiger partial charge < -0.3 is 20.5 Å². The van der Waals surface area contributed by atoms with Gasteiger partial charge in [0, 0.05) is 24.0 Å². The summed E-state index contributed by atoms with van der Waals surface area (Å²) in [5.41, 5.74) is 6.94. The van der Waals surface area contributed by atoms with Crippen LogP contribution in [0.1, 0.15) is 36.3 Å². The number of primary amides is 1. The summed E-state index contributed by atoms with van der Waals surface area (Å²) in [4.78, 5) is 25.5. The molecule has 24 heavy (non-hydrogen) atoms. The predicted octanol–water partition coefficient (Wildman–Crippen LogP) is 1.70. The van der Waals surface area contributed by atoms with Crippen LogP contribution in [0.4, 0.5) is 0 Å². The van der Waals surface area contributed by atoms with E-state index in [1.165, 1.54) is 0 Å². The van der Waals surface area contributed by atoms with Gasteiger partial charge in [-0.3, -0.25) is 9.59 Å². The number of halogens is 1. The van der Waals surface area contributed by atoms with Crippen molar-refractivity contribution in [1.82, 2.24) is 4.90 Å². The molecular formula is C17H21ClN2O4. The first-order valence-corrected chi connectivity index (χ1v) is 8.47. The van der Waals surface area contributed by atoms with Gasteiger partial charge in [-0.25, -0.2) is 0 Å². The SMILES string of the molecule is Cc1cc(C2CCN(C(=O)[C@@H]3CC[C@H](C(N)=O)O3)C2)c(O)cc1Cl. The minimum Gasteiger partial charge on any atom is -0.508 e. The number of amides is 2. The van der Waals surface area contributed by atoms with E-state index in [0.29, 0.717) is 31.0 Å². The van der Waals surface area contributed by atoms with Crippen LogP contribution >= 0.6 is 11.6 Å². The van der Waals surface area contributed by atoms with Crippen LogP contribution < -0.4 is 5.73 Å². The zero-order valence-corrected chi connectivity index (χ0v) is 14.3. The number of hydrogen-bond acceptors (Lipinski definition) is 4. The Morgan fingerprint density at radius 1 is 1.29 bits per heavy atom. The molecule has 130 valence electrons. The van der Waals surface area contributed by atoms with Crippen molar-refractivity contribution in [3.05, 3.63) is 28.3 Å². The second kappa shape index (κ2) is 6.61. The number of likely N-dealkylation sites (tertiary alicyclic amines) is 1. The first kappa shape index (κ1) is 17.0. The fraction of sp³-hybridized carbons (Fsp3) is 0.529. The second-order valence-electron chi connectivity index (χ2n) is 6.52. The Labute approximate surface area is 145 Å². The van der Waals surface area contributed by atoms with Gasteiger partial charge in [-0.2, -0.15) is 0 Å². The van der Waals surface area contributed by atoms with E-state index < -0.39 is 18.1 Å². The second-order valence-corrected chi connectivity index (χ2v) is 6.93. The van der Waals surface area contributed by atoms with Crippen molar-refractivity contribution in [2.75, 3.05) is 13.1 Å². The molecule has 2 aliphatic rings. The van der Waals surface area contributed by atoms with Crippen molar-refractivity contribution >= 4 is 23.4 Å². The minimum atomic E-state index is -0.666. The highest BCUT2D eigenvalue weighted by molar-refractivity contribution is 6.31. The molecule has 2 saturated heterocycles. The average Bonchev–Trinajstić information content (AvgIpc) is 3.19. The number of ether oxygens (including phenoxy) is 1. The van der Waals surface area contributed by atoms with Crippen LogP contribution in [0.2, 0.25) is 5.02 Å². The summed E-state index contributed by atoms with van der Waals surface area (Å²) < 4.78 is 5.46. The van der Waals surface area contributed by atoms with Crippen molar-refractivity contribution in [3.63, 3.8) is 0 Å². The Kier molecular flexibility index (Phi) is 4.69. The van der Waals surface area contributed by atoms with Gasteiger partial charge in [-0.15, -0.1) is 0 Å². The topological polar surface area (TPSA) is 92.9 Å². The fourth-order valence-electron chi connectivity index (χ4n) is 3.47. The smallest absolute Gasteiger partial charge is 0.251 e. The van der Waals surface area contributed by atoms with Gasteiger partial charge in [0.25, 0.3) is 5.91 Å². The van der Waals surface area contributed by atoms with Crippen LogP contribution in [0.25, 0.3) is 0 Å². The molecule has 2 aliphatic heterocycles. The largest absolute Gasteiger partial charge is 0.508 e. The highest BCUT2D eigenvalue weighted by Gasteiger charge is 2.38. The Morgan fingerprint density at radius 3 is 2.67 bits per heavy atom. The number of carbonyl (C=O) groups excluding carboxylic acids is 2. The molecule has 1 aromatic carbocycles. The number of rotatable bonds is 3. The molecule has 0 aliphatic carbocycles. The van der Waals surface area contributed by atoms with Crippen molar-refractivity contribution in [1.29, 1.82) is 0 Å². The highest BCUT2D eigenvalue weighted by Crippen LogP contribution is 2.36. The number of hydrogen-bond donors (Lipinski definition) is 2. The molecule has 2 heterocycles. The average molecular weight is 353 g/mol. The maximum atomic E-state index is 12.6. The lowest BCUT2D eigenvalue weighted by Crippen LogP contribution is -2.39. The van der Waals surface area contributed by atoms with Gasteiger partial charge in [0.2, 0.25) is 5.91 Å². The standard InChI is InChI=1S/C17H21ClN2O4/c1-9-6-11(13(21)7-12(9)18)10-4-5-20(8-10)17(23)15-3-2-14(24-15)16(19)22/h6-7,10,14-15,21H,2-5,8H2,1H3,(H2,19,22)/t10?,14-,15+/m1/s1. The molecule has 3 rings (SSSR count). The van der Waals surface area contributed by atoms with Crippen LogP contribution in [0.3, 0.4) is 0 Å². The first-order valence-electron chi connectivity index (χ1n) is 8.09. The third-order valence-electron chi connectivity index (χ3n) is 4.86. The Morgan fingerprint density at radius 2 is 2.00 bits per heavy atom. The zero-order chi connectivity index (χ0) is 17.4. The van der Waals surface area contributed by atoms with Gasteiger partial charge in [-0.05, 0) is 43.4 Å². The first-order chi connectivity index (χ1) is 11.4. The summed E-state index contributed by atoms with van der Waals surface area (Å²) in [6.07, 6.45) is 0.507. The van der Waals surface area contributed by atoms with Crippen molar-refractivity contribution < 1.29 is 19.4 Å². The van der Waals surface area contributed by atoms with Gasteiger partial charge >= 0.3 is 0 Å². The van der Waals surface area contributed by atoms with Crippen LogP contribution in [0.15, 0.2) is 12.1 Å². The molecule has 1 unspecified atom stereocenters. The molecule has 6 nitrogen and oxygen atoms in total. The van der Waals surface area contributed by atoms with E-state index in [9.17, 15) is 14.7 Å². The summed E-state index contributed by atoms with van der Waals surface area (Å²) in [6, 6.07) is 3.43. The summed E-state index contributed by atoms with van der Waals surface area (Å²) in [5.74, 6) is -0.397. The third-order valence-corrected chi connectivity index (χ3v) is 5.27. The number of nitrogens with zero attached hydrogens (tertiary/aromatic N) is 1. The van der Waals surface area contributed by atoms with Crippen LogP contribution in [0, 0.1) is 6.92 Å².